The largest absolute Gasteiger partial charge is 0.337 e. The van der Waals surface area contributed by atoms with E-state index in [1.807, 2.05) is 0 Å². The number of halogens is 5. The zero-order valence-electron chi connectivity index (χ0n) is 14.8. The van der Waals surface area contributed by atoms with E-state index in [4.69, 9.17) is 46.4 Å². The Bertz CT molecular complexity index is 792. The molecule has 1 saturated heterocycles. The molecule has 1 heterocycles. The number of hydrogen-bond acceptors (Lipinski definition) is 6. The fourth-order valence-electron chi connectivity index (χ4n) is 2.34. The normalized spacial score (nSPS) is 19.1. The molecule has 13 heteroatoms. The van der Waals surface area contributed by atoms with Crippen LogP contribution in [0, 0.1) is 5.82 Å². The van der Waals surface area contributed by atoms with Gasteiger partial charge in [-0.15, -0.1) is 11.6 Å². The zero-order valence-corrected chi connectivity index (χ0v) is 19.4. The van der Waals surface area contributed by atoms with Crippen LogP contribution in [-0.2, 0) is 4.79 Å². The second-order valence-corrected chi connectivity index (χ2v) is 9.98. The lowest BCUT2D eigenvalue weighted by molar-refractivity contribution is -0.119. The van der Waals surface area contributed by atoms with Gasteiger partial charge in [-0.25, -0.2) is 19.1 Å². The SMILES string of the molecule is CSN(SC)C(N=C1C(=O)N(C)C(=O)N1c1ccccc1F)C(Cl)C(Cl)(Cl)Cl. The molecule has 1 fully saturated rings. The number of likely N-dealkylation sites (N-methyl/N-ethyl adjacent to an activating group) is 1. The molecule has 1 aromatic carbocycles. The van der Waals surface area contributed by atoms with E-state index in [9.17, 15) is 14.0 Å². The predicted molar refractivity (Wildman–Crippen MR) is 117 cm³/mol. The highest BCUT2D eigenvalue weighted by molar-refractivity contribution is 8.11. The summed E-state index contributed by atoms with van der Waals surface area (Å²) >= 11 is 26.6. The van der Waals surface area contributed by atoms with Crippen molar-refractivity contribution in [1.82, 2.24) is 8.61 Å². The molecule has 0 aromatic heterocycles. The summed E-state index contributed by atoms with van der Waals surface area (Å²) in [7, 11) is 1.27. The lowest BCUT2D eigenvalue weighted by Gasteiger charge is -2.31. The average Bonchev–Trinajstić information content (AvgIpc) is 2.85. The lowest BCUT2D eigenvalue weighted by Crippen LogP contribution is -2.42. The first kappa shape index (κ1) is 23.9. The summed E-state index contributed by atoms with van der Waals surface area (Å²) in [5.41, 5.74) is -0.123. The fraction of sp³-hybridized carbons (Fsp3) is 0.400. The molecule has 0 N–H and O–H groups in total. The molecule has 0 aliphatic carbocycles. The van der Waals surface area contributed by atoms with Crippen LogP contribution in [0.2, 0.25) is 0 Å². The minimum absolute atomic E-state index is 0.123. The zero-order chi connectivity index (χ0) is 21.2. The van der Waals surface area contributed by atoms with Crippen molar-refractivity contribution in [2.75, 3.05) is 24.5 Å². The number of carbonyl (C=O) groups is 2. The number of nitrogens with zero attached hydrogens (tertiary/aromatic N) is 4. The first-order valence-corrected chi connectivity index (χ1v) is 11.5. The van der Waals surface area contributed by atoms with E-state index in [0.717, 1.165) is 9.80 Å². The van der Waals surface area contributed by atoms with Crippen LogP contribution in [0.1, 0.15) is 0 Å². The van der Waals surface area contributed by atoms with Gasteiger partial charge in [0.2, 0.25) is 9.63 Å². The van der Waals surface area contributed by atoms with Crippen LogP contribution < -0.4 is 4.90 Å². The van der Waals surface area contributed by atoms with Gasteiger partial charge in [-0.1, -0.05) is 70.8 Å². The van der Waals surface area contributed by atoms with E-state index < -0.39 is 33.1 Å². The molecule has 1 aliphatic heterocycles. The van der Waals surface area contributed by atoms with E-state index in [1.165, 1.54) is 55.2 Å². The van der Waals surface area contributed by atoms with E-state index in [2.05, 4.69) is 4.99 Å². The van der Waals surface area contributed by atoms with Crippen LogP contribution in [0.3, 0.4) is 0 Å². The molecule has 0 radical (unpaired) electrons. The summed E-state index contributed by atoms with van der Waals surface area (Å²) < 4.78 is 14.0. The van der Waals surface area contributed by atoms with Gasteiger partial charge in [0.15, 0.2) is 0 Å². The number of amidine groups is 1. The number of carbonyl (C=O) groups excluding carboxylic acids is 2. The smallest absolute Gasteiger partial charge is 0.265 e. The number of benzene rings is 1. The summed E-state index contributed by atoms with van der Waals surface area (Å²) in [5.74, 6) is -1.75. The molecule has 28 heavy (non-hydrogen) atoms. The minimum atomic E-state index is -1.92. The molecule has 3 amide bonds. The van der Waals surface area contributed by atoms with Crippen molar-refractivity contribution < 1.29 is 14.0 Å². The predicted octanol–water partition coefficient (Wildman–Crippen LogP) is 4.78. The number of para-hydroxylation sites is 1. The van der Waals surface area contributed by atoms with E-state index in [0.29, 0.717) is 0 Å². The Morgan fingerprint density at radius 2 is 1.75 bits per heavy atom. The number of amides is 3. The first-order valence-electron chi connectivity index (χ1n) is 7.57. The van der Waals surface area contributed by atoms with Gasteiger partial charge in [0, 0.05) is 7.05 Å². The number of anilines is 1. The fourth-order valence-corrected chi connectivity index (χ4v) is 4.35. The van der Waals surface area contributed by atoms with Crippen molar-refractivity contribution in [3.05, 3.63) is 30.1 Å². The Morgan fingerprint density at radius 1 is 1.18 bits per heavy atom. The standard InChI is InChI=1S/C15H15Cl4FN4O2S2/c1-22-13(25)12(23(14(22)26)9-7-5-4-6-8(9)20)21-11(24(27-2)28-3)10(16)15(17,18)19/h4-7,10-11H,1-3H3. The molecule has 0 bridgehead atoms. The number of urea groups is 1. The van der Waals surface area contributed by atoms with Crippen LogP contribution in [0.15, 0.2) is 29.3 Å². The van der Waals surface area contributed by atoms with Crippen molar-refractivity contribution in [1.29, 1.82) is 0 Å². The third-order valence-corrected chi connectivity index (χ3v) is 7.32. The molecule has 154 valence electrons. The van der Waals surface area contributed by atoms with Crippen molar-refractivity contribution in [3.8, 4) is 0 Å². The minimum Gasteiger partial charge on any atom is -0.265 e. The van der Waals surface area contributed by atoms with Crippen molar-refractivity contribution in [2.45, 2.75) is 15.3 Å². The number of hydrogen-bond donors (Lipinski definition) is 0. The molecule has 6 nitrogen and oxygen atoms in total. The molecule has 0 spiro atoms. The second kappa shape index (κ2) is 9.59. The highest BCUT2D eigenvalue weighted by Crippen LogP contribution is 2.40. The van der Waals surface area contributed by atoms with Gasteiger partial charge in [0.05, 0.1) is 5.69 Å². The summed E-state index contributed by atoms with van der Waals surface area (Å²) in [5, 5.41) is -1.18. The number of alkyl halides is 4. The molecular formula is C15H15Cl4FN4O2S2. The highest BCUT2D eigenvalue weighted by atomic mass is 35.6. The highest BCUT2D eigenvalue weighted by Gasteiger charge is 2.46. The molecule has 0 saturated carbocycles. The third-order valence-electron chi connectivity index (χ3n) is 3.68. The Labute approximate surface area is 190 Å². The first-order chi connectivity index (χ1) is 13.0. The second-order valence-electron chi connectivity index (χ2n) is 5.39. The average molecular weight is 508 g/mol. The van der Waals surface area contributed by atoms with Gasteiger partial charge in [0.25, 0.3) is 5.91 Å². The van der Waals surface area contributed by atoms with E-state index >= 15 is 0 Å². The Balaban J connectivity index is 2.62. The van der Waals surface area contributed by atoms with Crippen molar-refractivity contribution >= 4 is 93.8 Å². The molecule has 1 aliphatic rings. The topological polar surface area (TPSA) is 56.2 Å². The Hall–Kier alpha value is -0.420. The lowest BCUT2D eigenvalue weighted by atomic mass is 10.2. The van der Waals surface area contributed by atoms with Gasteiger partial charge in [-0.3, -0.25) is 9.69 Å². The third kappa shape index (κ3) is 4.83. The van der Waals surface area contributed by atoms with Gasteiger partial charge >= 0.3 is 6.03 Å². The van der Waals surface area contributed by atoms with Crippen LogP contribution in [-0.4, -0.2) is 61.3 Å². The molecule has 2 rings (SSSR count). The van der Waals surface area contributed by atoms with Crippen molar-refractivity contribution in [2.24, 2.45) is 4.99 Å². The van der Waals surface area contributed by atoms with Gasteiger partial charge < -0.3 is 0 Å². The Kier molecular flexibility index (Phi) is 8.17. The van der Waals surface area contributed by atoms with Crippen molar-refractivity contribution in [3.63, 3.8) is 0 Å². The maximum atomic E-state index is 14.3. The van der Waals surface area contributed by atoms with Gasteiger partial charge in [0.1, 0.15) is 17.4 Å². The monoisotopic (exact) mass is 506 g/mol. The van der Waals surface area contributed by atoms with Gasteiger partial charge in [-0.05, 0) is 24.6 Å². The molecular weight excluding hydrogens is 493 g/mol. The molecule has 2 unspecified atom stereocenters. The number of aliphatic imine (C=N–C) groups is 1. The quantitative estimate of drug-likeness (QED) is 0.315. The molecule has 2 atom stereocenters. The maximum absolute atomic E-state index is 14.3. The maximum Gasteiger partial charge on any atom is 0.337 e. The van der Waals surface area contributed by atoms with E-state index in [-0.39, 0.29) is 11.5 Å². The summed E-state index contributed by atoms with van der Waals surface area (Å²) in [6.07, 6.45) is 2.47. The summed E-state index contributed by atoms with van der Waals surface area (Å²) in [6, 6.07) is 4.77. The number of rotatable bonds is 6. The van der Waals surface area contributed by atoms with Crippen LogP contribution in [0.5, 0.6) is 0 Å². The summed E-state index contributed by atoms with van der Waals surface area (Å²) in [6.45, 7) is 0. The van der Waals surface area contributed by atoms with E-state index in [1.54, 1.807) is 16.2 Å². The Morgan fingerprint density at radius 3 is 2.25 bits per heavy atom. The molecule has 1 aromatic rings. The van der Waals surface area contributed by atoms with Crippen LogP contribution in [0.4, 0.5) is 14.9 Å². The van der Waals surface area contributed by atoms with Gasteiger partial charge in [-0.2, -0.15) is 3.71 Å². The number of imide groups is 1. The van der Waals surface area contributed by atoms with Crippen LogP contribution >= 0.6 is 70.3 Å². The van der Waals surface area contributed by atoms with Crippen LogP contribution in [0.25, 0.3) is 0 Å². The summed E-state index contributed by atoms with van der Waals surface area (Å²) in [4.78, 5) is 31.3.